The number of fused-ring (bicyclic) bond motifs is 1. The summed E-state index contributed by atoms with van der Waals surface area (Å²) in [6.07, 6.45) is 0. The van der Waals surface area contributed by atoms with Crippen LogP contribution in [-0.4, -0.2) is 36.8 Å². The molecule has 30 heavy (non-hydrogen) atoms. The molecule has 0 atom stereocenters. The summed E-state index contributed by atoms with van der Waals surface area (Å²) < 4.78 is 36.8. The Kier molecular flexibility index (Phi) is 4.96. The molecule has 2 aromatic carbocycles. The fourth-order valence-electron chi connectivity index (χ4n) is 3.12. The Morgan fingerprint density at radius 2 is 1.87 bits per heavy atom. The van der Waals surface area contributed by atoms with Crippen molar-refractivity contribution < 1.29 is 22.4 Å². The first-order valence-electron chi connectivity index (χ1n) is 8.76. The molecule has 1 saturated heterocycles. The van der Waals surface area contributed by atoms with Crippen LogP contribution in [0.2, 0.25) is 0 Å². The molecule has 11 heteroatoms. The normalized spacial score (nSPS) is 20.1. The van der Waals surface area contributed by atoms with Crippen LogP contribution in [0.3, 0.4) is 0 Å². The molecule has 2 heterocycles. The second-order valence-corrected chi connectivity index (χ2v) is 8.94. The lowest BCUT2D eigenvalue weighted by Crippen LogP contribution is -2.29. The van der Waals surface area contributed by atoms with Crippen LogP contribution in [0.1, 0.15) is 12.5 Å². The molecule has 8 nitrogen and oxygen atoms in total. The van der Waals surface area contributed by atoms with Crippen molar-refractivity contribution in [1.29, 1.82) is 0 Å². The van der Waals surface area contributed by atoms with E-state index in [9.17, 15) is 22.4 Å². The van der Waals surface area contributed by atoms with Crippen molar-refractivity contribution in [3.8, 4) is 0 Å². The Balaban J connectivity index is 1.76. The lowest BCUT2D eigenvalue weighted by Gasteiger charge is -2.12. The van der Waals surface area contributed by atoms with Crippen LogP contribution in [0.5, 0.6) is 0 Å². The number of sulfonamides is 1. The number of halogens is 1. The third kappa shape index (κ3) is 3.40. The van der Waals surface area contributed by atoms with Gasteiger partial charge in [0, 0.05) is 12.1 Å². The van der Waals surface area contributed by atoms with Crippen LogP contribution < -0.4 is 10.5 Å². The smallest absolute Gasteiger partial charge is 0.267 e. The zero-order valence-corrected chi connectivity index (χ0v) is 17.2. The molecule has 1 fully saturated rings. The number of carbonyl (C=O) groups is 2. The highest BCUT2D eigenvalue weighted by atomic mass is 32.2. The Hall–Kier alpha value is -3.02. The van der Waals surface area contributed by atoms with Gasteiger partial charge in [0.2, 0.25) is 10.0 Å². The average Bonchev–Trinajstić information content (AvgIpc) is 3.18. The molecular formula is C19H15FN4O4S2. The first-order valence-corrected chi connectivity index (χ1v) is 11.1. The molecule has 0 spiro atoms. The zero-order valence-electron chi connectivity index (χ0n) is 15.5. The number of para-hydroxylation sites is 1. The molecule has 0 aliphatic carbocycles. The van der Waals surface area contributed by atoms with Gasteiger partial charge in [0.05, 0.1) is 26.7 Å². The van der Waals surface area contributed by atoms with Gasteiger partial charge >= 0.3 is 0 Å². The number of amides is 2. The summed E-state index contributed by atoms with van der Waals surface area (Å²) in [5.41, 5.74) is 0.883. The van der Waals surface area contributed by atoms with Gasteiger partial charge in [0.1, 0.15) is 5.82 Å². The van der Waals surface area contributed by atoms with Gasteiger partial charge in [0.15, 0.2) is 5.17 Å². The summed E-state index contributed by atoms with van der Waals surface area (Å²) in [5.74, 6) is -1.55. The summed E-state index contributed by atoms with van der Waals surface area (Å²) in [5, 5.41) is 7.88. The third-order valence-electron chi connectivity index (χ3n) is 4.55. The number of likely N-dealkylation sites (N-methyl/N-ethyl adjacent to an activating group) is 1. The van der Waals surface area contributed by atoms with Crippen molar-refractivity contribution >= 4 is 55.7 Å². The maximum atomic E-state index is 14.0. The van der Waals surface area contributed by atoms with E-state index in [1.54, 1.807) is 13.0 Å². The second-order valence-electron chi connectivity index (χ2n) is 6.41. The number of aliphatic imine (C=N–C) groups is 1. The van der Waals surface area contributed by atoms with Gasteiger partial charge in [-0.05, 0) is 49.0 Å². The van der Waals surface area contributed by atoms with Crippen LogP contribution in [-0.2, 0) is 19.6 Å². The van der Waals surface area contributed by atoms with E-state index in [2.05, 4.69) is 10.3 Å². The van der Waals surface area contributed by atoms with E-state index in [4.69, 9.17) is 5.14 Å². The zero-order chi connectivity index (χ0) is 21.6. The summed E-state index contributed by atoms with van der Waals surface area (Å²) in [4.78, 5) is 31.3. The van der Waals surface area contributed by atoms with Gasteiger partial charge in [-0.2, -0.15) is 0 Å². The standard InChI is InChI=1S/C19H15FN4O4S2/c1-2-24-18(26)16(14-12-4-3-5-13(20)15(12)23-17(14)25)29-19(24)22-10-6-8-11(9-7-10)30(21,27)28/h3-9H,2H2,1H3,(H,23,25)(H2,21,27,28)/b16-14-,22-19-. The van der Waals surface area contributed by atoms with Crippen LogP contribution >= 0.6 is 11.8 Å². The number of nitrogens with two attached hydrogens (primary N) is 1. The Morgan fingerprint density at radius 1 is 1.17 bits per heavy atom. The van der Waals surface area contributed by atoms with E-state index < -0.39 is 27.7 Å². The summed E-state index contributed by atoms with van der Waals surface area (Å²) in [7, 11) is -3.83. The Labute approximate surface area is 175 Å². The number of anilines is 1. The molecular weight excluding hydrogens is 431 g/mol. The van der Waals surface area contributed by atoms with Gasteiger partial charge in [-0.15, -0.1) is 0 Å². The second kappa shape index (κ2) is 7.35. The number of thioether (sulfide) groups is 1. The van der Waals surface area contributed by atoms with E-state index in [1.807, 2.05) is 0 Å². The SMILES string of the molecule is CCN1C(=O)/C(=C2/C(=O)Nc3c(F)cccc32)S/C1=N\c1ccc(S(N)(=O)=O)cc1. The van der Waals surface area contributed by atoms with E-state index in [-0.39, 0.29) is 21.1 Å². The highest BCUT2D eigenvalue weighted by Crippen LogP contribution is 2.43. The van der Waals surface area contributed by atoms with E-state index >= 15 is 0 Å². The van der Waals surface area contributed by atoms with E-state index in [0.717, 1.165) is 11.8 Å². The molecule has 0 aromatic heterocycles. The highest BCUT2D eigenvalue weighted by molar-refractivity contribution is 8.18. The Bertz CT molecular complexity index is 1250. The largest absolute Gasteiger partial charge is 0.319 e. The highest BCUT2D eigenvalue weighted by Gasteiger charge is 2.40. The summed E-state index contributed by atoms with van der Waals surface area (Å²) in [6.45, 7) is 2.06. The number of hydrogen-bond acceptors (Lipinski definition) is 6. The van der Waals surface area contributed by atoms with Crippen LogP contribution in [0.25, 0.3) is 5.57 Å². The molecule has 0 bridgehead atoms. The molecule has 0 saturated carbocycles. The molecule has 0 radical (unpaired) electrons. The minimum Gasteiger partial charge on any atom is -0.319 e. The van der Waals surface area contributed by atoms with Gasteiger partial charge in [0.25, 0.3) is 11.8 Å². The van der Waals surface area contributed by atoms with Crippen molar-refractivity contribution in [3.63, 3.8) is 0 Å². The minimum atomic E-state index is -3.83. The van der Waals surface area contributed by atoms with E-state index in [0.29, 0.717) is 23.0 Å². The maximum absolute atomic E-state index is 14.0. The molecule has 154 valence electrons. The number of rotatable bonds is 3. The molecule has 0 unspecified atom stereocenters. The Morgan fingerprint density at radius 3 is 2.50 bits per heavy atom. The van der Waals surface area contributed by atoms with Crippen molar-refractivity contribution in [3.05, 3.63) is 58.8 Å². The van der Waals surface area contributed by atoms with Crippen LogP contribution in [0.4, 0.5) is 15.8 Å². The number of carbonyl (C=O) groups excluding carboxylic acids is 2. The lowest BCUT2D eigenvalue weighted by molar-refractivity contribution is -0.122. The summed E-state index contributed by atoms with van der Waals surface area (Å²) in [6, 6.07) is 9.83. The van der Waals surface area contributed by atoms with Crippen LogP contribution in [0.15, 0.2) is 57.3 Å². The molecule has 4 rings (SSSR count). The molecule has 2 aromatic rings. The van der Waals surface area contributed by atoms with E-state index in [1.165, 1.54) is 41.3 Å². The lowest BCUT2D eigenvalue weighted by atomic mass is 10.1. The van der Waals surface area contributed by atoms with Crippen molar-refractivity contribution in [1.82, 2.24) is 4.90 Å². The maximum Gasteiger partial charge on any atom is 0.267 e. The van der Waals surface area contributed by atoms with Gasteiger partial charge in [-0.3, -0.25) is 14.5 Å². The fraction of sp³-hybridized carbons (Fsp3) is 0.105. The van der Waals surface area contributed by atoms with Crippen LogP contribution in [0, 0.1) is 5.82 Å². The van der Waals surface area contributed by atoms with Crippen molar-refractivity contribution in [2.45, 2.75) is 11.8 Å². The molecule has 2 aliphatic heterocycles. The van der Waals surface area contributed by atoms with Crippen molar-refractivity contribution in [2.24, 2.45) is 10.1 Å². The number of benzene rings is 2. The molecule has 2 amide bonds. The first kappa shape index (κ1) is 20.3. The average molecular weight is 446 g/mol. The predicted octanol–water partition coefficient (Wildman–Crippen LogP) is 2.42. The number of hydrogen-bond donors (Lipinski definition) is 2. The van der Waals surface area contributed by atoms with Gasteiger partial charge < -0.3 is 5.32 Å². The molecule has 3 N–H and O–H groups in total. The summed E-state index contributed by atoms with van der Waals surface area (Å²) >= 11 is 1.01. The van der Waals surface area contributed by atoms with Crippen molar-refractivity contribution in [2.75, 3.05) is 11.9 Å². The number of primary sulfonamides is 1. The fourth-order valence-corrected chi connectivity index (χ4v) is 4.80. The quantitative estimate of drug-likeness (QED) is 0.701. The number of nitrogens with zero attached hydrogens (tertiary/aromatic N) is 2. The van der Waals surface area contributed by atoms with Gasteiger partial charge in [-0.1, -0.05) is 12.1 Å². The topological polar surface area (TPSA) is 122 Å². The number of nitrogens with one attached hydrogen (secondary N) is 1. The predicted molar refractivity (Wildman–Crippen MR) is 112 cm³/mol. The first-order chi connectivity index (χ1) is 14.2. The monoisotopic (exact) mass is 446 g/mol. The number of amidine groups is 1. The minimum absolute atomic E-state index is 0.0467. The third-order valence-corrected chi connectivity index (χ3v) is 6.55. The molecule has 2 aliphatic rings. The van der Waals surface area contributed by atoms with Gasteiger partial charge in [-0.25, -0.2) is 22.9 Å².